The Kier molecular flexibility index (Phi) is 7.73. The molecule has 0 aliphatic heterocycles. The number of benzene rings is 2. The Morgan fingerprint density at radius 3 is 2.06 bits per heavy atom. The van der Waals surface area contributed by atoms with Gasteiger partial charge in [0.15, 0.2) is 0 Å². The highest BCUT2D eigenvalue weighted by molar-refractivity contribution is 5.89. The quantitative estimate of drug-likeness (QED) is 0.459. The monoisotopic (exact) mass is 478 g/mol. The van der Waals surface area contributed by atoms with Crippen LogP contribution in [-0.2, 0) is 14.3 Å². The van der Waals surface area contributed by atoms with Crippen LogP contribution in [0, 0.1) is 11.8 Å². The highest BCUT2D eigenvalue weighted by atomic mass is 16.5. The molecule has 1 fully saturated rings. The lowest BCUT2D eigenvalue weighted by Gasteiger charge is -2.32. The van der Waals surface area contributed by atoms with Crippen LogP contribution < -0.4 is 10.6 Å². The molecule has 0 spiro atoms. The van der Waals surface area contributed by atoms with Gasteiger partial charge in [-0.3, -0.25) is 4.79 Å². The zero-order chi connectivity index (χ0) is 24.9. The Bertz CT molecular complexity index is 1030. The minimum absolute atomic E-state index is 0.0587. The van der Waals surface area contributed by atoms with Crippen LogP contribution in [0.2, 0.25) is 0 Å². The van der Waals surface area contributed by atoms with Crippen molar-refractivity contribution in [3.05, 3.63) is 59.7 Å². The predicted octanol–water partition coefficient (Wildman–Crippen LogP) is 4.70. The van der Waals surface area contributed by atoms with Crippen LogP contribution >= 0.6 is 0 Å². The maximum Gasteiger partial charge on any atom is 0.407 e. The molecule has 2 aromatic rings. The van der Waals surface area contributed by atoms with Gasteiger partial charge >= 0.3 is 12.1 Å². The van der Waals surface area contributed by atoms with Gasteiger partial charge in [0.25, 0.3) is 0 Å². The molecule has 186 valence electrons. The summed E-state index contributed by atoms with van der Waals surface area (Å²) >= 11 is 0. The maximum atomic E-state index is 13.0. The molecule has 0 aromatic heterocycles. The molecule has 7 heteroatoms. The number of nitrogens with one attached hydrogen (secondary N) is 2. The summed E-state index contributed by atoms with van der Waals surface area (Å²) in [5, 5.41) is 14.9. The average molecular weight is 479 g/mol. The van der Waals surface area contributed by atoms with Gasteiger partial charge in [-0.15, -0.1) is 0 Å². The van der Waals surface area contributed by atoms with Crippen molar-refractivity contribution < 1.29 is 24.2 Å². The summed E-state index contributed by atoms with van der Waals surface area (Å²) in [4.78, 5) is 37.5. The third-order valence-corrected chi connectivity index (χ3v) is 7.17. The summed E-state index contributed by atoms with van der Waals surface area (Å²) in [6, 6.07) is 14.4. The van der Waals surface area contributed by atoms with E-state index in [1.807, 2.05) is 50.2 Å². The first-order valence-electron chi connectivity index (χ1n) is 12.5. The molecule has 4 rings (SSSR count). The van der Waals surface area contributed by atoms with Crippen molar-refractivity contribution in [1.82, 2.24) is 10.6 Å². The number of carbonyl (C=O) groups is 3. The Morgan fingerprint density at radius 2 is 1.54 bits per heavy atom. The van der Waals surface area contributed by atoms with Gasteiger partial charge < -0.3 is 20.5 Å². The van der Waals surface area contributed by atoms with E-state index < -0.39 is 30.1 Å². The second-order valence-corrected chi connectivity index (χ2v) is 10.0. The molecule has 1 saturated carbocycles. The molecule has 2 unspecified atom stereocenters. The van der Waals surface area contributed by atoms with Crippen LogP contribution in [0.1, 0.15) is 63.0 Å². The predicted molar refractivity (Wildman–Crippen MR) is 133 cm³/mol. The Labute approximate surface area is 206 Å². The van der Waals surface area contributed by atoms with Crippen molar-refractivity contribution in [3.63, 3.8) is 0 Å². The van der Waals surface area contributed by atoms with Gasteiger partial charge in [0.05, 0.1) is 0 Å². The summed E-state index contributed by atoms with van der Waals surface area (Å²) in [5.74, 6) is -1.32. The van der Waals surface area contributed by atoms with Crippen molar-refractivity contribution >= 4 is 18.0 Å². The minimum Gasteiger partial charge on any atom is -0.480 e. The fourth-order valence-corrected chi connectivity index (χ4v) is 4.96. The average Bonchev–Trinajstić information content (AvgIpc) is 3.12. The van der Waals surface area contributed by atoms with Crippen molar-refractivity contribution in [2.75, 3.05) is 6.61 Å². The fraction of sp³-hybridized carbons (Fsp3) is 0.464. The molecule has 2 amide bonds. The second-order valence-electron chi connectivity index (χ2n) is 10.0. The highest BCUT2D eigenvalue weighted by Gasteiger charge is 2.36. The summed E-state index contributed by atoms with van der Waals surface area (Å²) in [5.41, 5.74) is 4.50. The lowest BCUT2D eigenvalue weighted by Crippen LogP contribution is -2.54. The zero-order valence-electron chi connectivity index (χ0n) is 20.3. The largest absolute Gasteiger partial charge is 0.480 e. The number of hydrogen-bond acceptors (Lipinski definition) is 4. The van der Waals surface area contributed by atoms with Crippen LogP contribution in [0.4, 0.5) is 4.79 Å². The molecule has 0 saturated heterocycles. The molecule has 2 aliphatic rings. The van der Waals surface area contributed by atoms with Gasteiger partial charge in [-0.25, -0.2) is 9.59 Å². The van der Waals surface area contributed by atoms with Crippen molar-refractivity contribution in [2.24, 2.45) is 11.8 Å². The molecule has 7 nitrogen and oxygen atoms in total. The number of hydrogen-bond donors (Lipinski definition) is 3. The van der Waals surface area contributed by atoms with E-state index in [4.69, 9.17) is 4.74 Å². The maximum absolute atomic E-state index is 13.0. The molecule has 0 bridgehead atoms. The van der Waals surface area contributed by atoms with E-state index in [0.29, 0.717) is 18.8 Å². The van der Waals surface area contributed by atoms with E-state index in [9.17, 15) is 19.5 Å². The first-order chi connectivity index (χ1) is 16.8. The Hall–Kier alpha value is -3.35. The lowest BCUT2D eigenvalue weighted by atomic mass is 9.79. The molecule has 2 aromatic carbocycles. The SMILES string of the molecule is CC(C)CCC(NC(=O)OCC1c2ccccc2-c2ccccc21)C(=O)NC(C(=O)O)C1CCC1. The van der Waals surface area contributed by atoms with E-state index in [-0.39, 0.29) is 18.4 Å². The van der Waals surface area contributed by atoms with Crippen LogP contribution in [0.15, 0.2) is 48.5 Å². The minimum atomic E-state index is -1.04. The number of rotatable bonds is 10. The number of amides is 2. The molecule has 0 heterocycles. The van der Waals surface area contributed by atoms with E-state index in [1.165, 1.54) is 0 Å². The molecule has 0 radical (unpaired) electrons. The third kappa shape index (κ3) is 5.66. The molecule has 2 atom stereocenters. The molecular formula is C28H34N2O5. The van der Waals surface area contributed by atoms with E-state index >= 15 is 0 Å². The number of carbonyl (C=O) groups excluding carboxylic acids is 2. The van der Waals surface area contributed by atoms with E-state index in [0.717, 1.165) is 41.5 Å². The van der Waals surface area contributed by atoms with Gasteiger partial charge in [-0.2, -0.15) is 0 Å². The standard InChI is InChI=1S/C28H34N2O5/c1-17(2)14-15-24(26(31)30-25(27(32)33)18-8-7-9-18)29-28(34)35-16-23-21-12-5-3-10-19(21)20-11-4-6-13-22(20)23/h3-6,10-13,17-18,23-25H,7-9,14-16H2,1-2H3,(H,29,34)(H,30,31)(H,32,33). The number of alkyl carbamates (subject to hydrolysis) is 1. The number of carboxylic acid groups (broad SMARTS) is 1. The van der Waals surface area contributed by atoms with Crippen LogP contribution in [0.25, 0.3) is 11.1 Å². The van der Waals surface area contributed by atoms with Crippen molar-refractivity contribution in [3.8, 4) is 11.1 Å². The van der Waals surface area contributed by atoms with Gasteiger partial charge in [-0.05, 0) is 59.8 Å². The molecule has 2 aliphatic carbocycles. The second kappa shape index (κ2) is 10.9. The molecule has 3 N–H and O–H groups in total. The number of aliphatic carboxylic acids is 1. The number of ether oxygens (including phenoxy) is 1. The number of carboxylic acids is 1. The van der Waals surface area contributed by atoms with E-state index in [1.54, 1.807) is 0 Å². The summed E-state index contributed by atoms with van der Waals surface area (Å²) < 4.78 is 5.61. The van der Waals surface area contributed by atoms with Gasteiger partial charge in [0.2, 0.25) is 5.91 Å². The zero-order valence-corrected chi connectivity index (χ0v) is 20.3. The van der Waals surface area contributed by atoms with Crippen LogP contribution in [0.3, 0.4) is 0 Å². The Balaban J connectivity index is 1.41. The summed E-state index contributed by atoms with van der Waals surface area (Å²) in [7, 11) is 0. The smallest absolute Gasteiger partial charge is 0.407 e. The topological polar surface area (TPSA) is 105 Å². The third-order valence-electron chi connectivity index (χ3n) is 7.17. The van der Waals surface area contributed by atoms with Crippen molar-refractivity contribution in [2.45, 2.75) is 64.0 Å². The van der Waals surface area contributed by atoms with Gasteiger partial charge in [-0.1, -0.05) is 68.8 Å². The van der Waals surface area contributed by atoms with Crippen LogP contribution in [-0.4, -0.2) is 41.8 Å². The van der Waals surface area contributed by atoms with E-state index in [2.05, 4.69) is 22.8 Å². The van der Waals surface area contributed by atoms with Gasteiger partial charge in [0.1, 0.15) is 18.7 Å². The van der Waals surface area contributed by atoms with Crippen LogP contribution in [0.5, 0.6) is 0 Å². The van der Waals surface area contributed by atoms with Gasteiger partial charge in [0, 0.05) is 5.92 Å². The summed E-state index contributed by atoms with van der Waals surface area (Å²) in [6.45, 7) is 4.23. The molecule has 35 heavy (non-hydrogen) atoms. The normalized spacial score (nSPS) is 16.5. The number of fused-ring (bicyclic) bond motifs is 3. The highest BCUT2D eigenvalue weighted by Crippen LogP contribution is 2.44. The first-order valence-corrected chi connectivity index (χ1v) is 12.5. The fourth-order valence-electron chi connectivity index (χ4n) is 4.96. The molecular weight excluding hydrogens is 444 g/mol. The summed E-state index contributed by atoms with van der Waals surface area (Å²) in [6.07, 6.45) is 2.99. The lowest BCUT2D eigenvalue weighted by molar-refractivity contribution is -0.144. The first kappa shape index (κ1) is 24.8. The Morgan fingerprint density at radius 1 is 0.943 bits per heavy atom. The van der Waals surface area contributed by atoms with Crippen molar-refractivity contribution in [1.29, 1.82) is 0 Å².